The summed E-state index contributed by atoms with van der Waals surface area (Å²) in [4.78, 5) is 15.1. The highest BCUT2D eigenvalue weighted by Gasteiger charge is 2.47. The zero-order valence-electron chi connectivity index (χ0n) is 14.8. The van der Waals surface area contributed by atoms with Crippen molar-refractivity contribution in [1.29, 1.82) is 5.41 Å². The van der Waals surface area contributed by atoms with Gasteiger partial charge >= 0.3 is 0 Å². The number of nitrogens with two attached hydrogens (primary N) is 1. The van der Waals surface area contributed by atoms with Gasteiger partial charge in [-0.2, -0.15) is 0 Å². The number of rotatable bonds is 3. The first kappa shape index (κ1) is 16.8. The third-order valence-electron chi connectivity index (χ3n) is 5.81. The Morgan fingerprint density at radius 1 is 1.08 bits per heavy atom. The summed E-state index contributed by atoms with van der Waals surface area (Å²) < 4.78 is 0. The van der Waals surface area contributed by atoms with Gasteiger partial charge in [0.2, 0.25) is 5.91 Å². The third-order valence-corrected chi connectivity index (χ3v) is 5.81. The number of hydrogen-bond acceptors (Lipinski definition) is 4. The minimum absolute atomic E-state index is 0.169. The van der Waals surface area contributed by atoms with Crippen LogP contribution in [0.2, 0.25) is 0 Å². The first-order valence-electron chi connectivity index (χ1n) is 9.16. The molecule has 2 saturated heterocycles. The molecule has 1 amide bonds. The molecule has 2 heterocycles. The Morgan fingerprint density at radius 3 is 2.58 bits per heavy atom. The highest BCUT2D eigenvalue weighted by molar-refractivity contribution is 6.00. The smallest absolute Gasteiger partial charge is 0.233 e. The lowest BCUT2D eigenvalue weighted by atomic mass is 9.77. The van der Waals surface area contributed by atoms with Crippen molar-refractivity contribution in [2.75, 3.05) is 30.3 Å². The lowest BCUT2D eigenvalue weighted by molar-refractivity contribution is -0.126. The summed E-state index contributed by atoms with van der Waals surface area (Å²) in [5.74, 6) is 0.273. The fourth-order valence-electron chi connectivity index (χ4n) is 4.18. The molecule has 1 spiro atoms. The van der Waals surface area contributed by atoms with Crippen molar-refractivity contribution in [3.8, 4) is 11.1 Å². The SMILES string of the molecule is N=Cc1ccc(-c2cccc(N3CCC4(CCNCC4)C3=O)c2)cc1N. The number of amides is 1. The van der Waals surface area contributed by atoms with E-state index in [0.29, 0.717) is 11.3 Å². The molecule has 2 aliphatic rings. The van der Waals surface area contributed by atoms with Crippen LogP contribution in [-0.2, 0) is 4.79 Å². The maximum absolute atomic E-state index is 13.1. The Bertz CT molecular complexity index is 855. The van der Waals surface area contributed by atoms with Crippen LogP contribution >= 0.6 is 0 Å². The van der Waals surface area contributed by atoms with Crippen molar-refractivity contribution >= 4 is 23.5 Å². The van der Waals surface area contributed by atoms with E-state index in [0.717, 1.165) is 55.7 Å². The fraction of sp³-hybridized carbons (Fsp3) is 0.333. The maximum Gasteiger partial charge on any atom is 0.233 e. The Labute approximate surface area is 153 Å². The number of benzene rings is 2. The van der Waals surface area contributed by atoms with Gasteiger partial charge in [0, 0.05) is 29.7 Å². The predicted octanol–water partition coefficient (Wildman–Crippen LogP) is 3.04. The average molecular weight is 348 g/mol. The lowest BCUT2D eigenvalue weighted by Gasteiger charge is -2.32. The summed E-state index contributed by atoms with van der Waals surface area (Å²) in [6.07, 6.45) is 4.07. The van der Waals surface area contributed by atoms with Crippen LogP contribution in [0.3, 0.4) is 0 Å². The number of carbonyl (C=O) groups is 1. The van der Waals surface area contributed by atoms with Gasteiger partial charge in [-0.25, -0.2) is 0 Å². The van der Waals surface area contributed by atoms with Gasteiger partial charge < -0.3 is 21.4 Å². The Morgan fingerprint density at radius 2 is 1.85 bits per heavy atom. The van der Waals surface area contributed by atoms with Crippen molar-refractivity contribution < 1.29 is 4.79 Å². The Hall–Kier alpha value is -2.66. The number of hydrogen-bond donors (Lipinski definition) is 3. The summed E-state index contributed by atoms with van der Waals surface area (Å²) >= 11 is 0. The molecule has 0 bridgehead atoms. The van der Waals surface area contributed by atoms with Gasteiger partial charge in [-0.05, 0) is 61.7 Å². The summed E-state index contributed by atoms with van der Waals surface area (Å²) in [5.41, 5.74) is 10.1. The van der Waals surface area contributed by atoms with E-state index < -0.39 is 0 Å². The molecule has 0 radical (unpaired) electrons. The molecule has 134 valence electrons. The molecule has 4 N–H and O–H groups in total. The summed E-state index contributed by atoms with van der Waals surface area (Å²) in [7, 11) is 0. The van der Waals surface area contributed by atoms with Gasteiger partial charge in [0.15, 0.2) is 0 Å². The Kier molecular flexibility index (Phi) is 4.24. The van der Waals surface area contributed by atoms with Crippen molar-refractivity contribution in [3.05, 3.63) is 48.0 Å². The number of piperidine rings is 1. The van der Waals surface area contributed by atoms with E-state index in [1.165, 1.54) is 6.21 Å². The number of nitrogens with zero attached hydrogens (tertiary/aromatic N) is 1. The second-order valence-corrected chi connectivity index (χ2v) is 7.28. The quantitative estimate of drug-likeness (QED) is 0.589. The van der Waals surface area contributed by atoms with Crippen LogP contribution in [0.1, 0.15) is 24.8 Å². The van der Waals surface area contributed by atoms with Gasteiger partial charge in [0.25, 0.3) is 0 Å². The first-order chi connectivity index (χ1) is 12.6. The van der Waals surface area contributed by atoms with Crippen LogP contribution in [0.25, 0.3) is 11.1 Å². The molecule has 2 aliphatic heterocycles. The lowest BCUT2D eigenvalue weighted by Crippen LogP contribution is -2.42. The van der Waals surface area contributed by atoms with E-state index in [9.17, 15) is 4.79 Å². The molecule has 2 aromatic carbocycles. The van der Waals surface area contributed by atoms with E-state index in [4.69, 9.17) is 11.1 Å². The van der Waals surface area contributed by atoms with Gasteiger partial charge in [0.1, 0.15) is 0 Å². The van der Waals surface area contributed by atoms with E-state index in [-0.39, 0.29) is 11.3 Å². The van der Waals surface area contributed by atoms with Gasteiger partial charge in [0.05, 0.1) is 5.41 Å². The van der Waals surface area contributed by atoms with Gasteiger partial charge in [-0.3, -0.25) is 4.79 Å². The van der Waals surface area contributed by atoms with Crippen LogP contribution in [0.5, 0.6) is 0 Å². The van der Waals surface area contributed by atoms with Crippen molar-refractivity contribution in [2.45, 2.75) is 19.3 Å². The zero-order valence-corrected chi connectivity index (χ0v) is 14.8. The minimum atomic E-state index is -0.169. The number of carbonyl (C=O) groups excluding carboxylic acids is 1. The van der Waals surface area contributed by atoms with E-state index in [1.54, 1.807) is 0 Å². The molecule has 26 heavy (non-hydrogen) atoms. The average Bonchev–Trinajstić information content (AvgIpc) is 2.98. The second kappa shape index (κ2) is 6.57. The molecular formula is C21H24N4O. The summed E-state index contributed by atoms with van der Waals surface area (Å²) in [6.45, 7) is 2.65. The van der Waals surface area contributed by atoms with E-state index >= 15 is 0 Å². The highest BCUT2D eigenvalue weighted by atomic mass is 16.2. The predicted molar refractivity (Wildman–Crippen MR) is 106 cm³/mol. The molecule has 0 unspecified atom stereocenters. The molecule has 2 fully saturated rings. The molecule has 5 heteroatoms. The number of anilines is 2. The molecule has 0 aliphatic carbocycles. The zero-order chi connectivity index (χ0) is 18.1. The molecule has 0 atom stereocenters. The second-order valence-electron chi connectivity index (χ2n) is 7.28. The summed E-state index contributed by atoms with van der Waals surface area (Å²) in [6, 6.07) is 13.8. The monoisotopic (exact) mass is 348 g/mol. The molecule has 4 rings (SSSR count). The van der Waals surface area contributed by atoms with Crippen LogP contribution in [0.15, 0.2) is 42.5 Å². The topological polar surface area (TPSA) is 82.2 Å². The normalized spacial score (nSPS) is 19.1. The van der Waals surface area contributed by atoms with Crippen LogP contribution < -0.4 is 16.0 Å². The standard InChI is InChI=1S/C21H24N4O/c22-14-17-5-4-16(13-19(17)23)15-2-1-3-18(12-15)25-11-8-21(20(25)26)6-9-24-10-7-21/h1-5,12-14,22,24H,6-11,23H2. The largest absolute Gasteiger partial charge is 0.398 e. The van der Waals surface area contributed by atoms with Gasteiger partial charge in [-0.1, -0.05) is 24.3 Å². The number of nitrogens with one attached hydrogen (secondary N) is 2. The van der Waals surface area contributed by atoms with Crippen molar-refractivity contribution in [2.24, 2.45) is 5.41 Å². The Balaban J connectivity index is 1.63. The van der Waals surface area contributed by atoms with E-state index in [2.05, 4.69) is 11.4 Å². The third kappa shape index (κ3) is 2.78. The van der Waals surface area contributed by atoms with Crippen molar-refractivity contribution in [1.82, 2.24) is 5.32 Å². The maximum atomic E-state index is 13.1. The van der Waals surface area contributed by atoms with Gasteiger partial charge in [-0.15, -0.1) is 0 Å². The molecule has 5 nitrogen and oxygen atoms in total. The first-order valence-corrected chi connectivity index (χ1v) is 9.16. The van der Waals surface area contributed by atoms with Crippen LogP contribution in [-0.4, -0.2) is 31.8 Å². The number of nitrogen functional groups attached to an aromatic ring is 1. The molecule has 0 saturated carbocycles. The highest BCUT2D eigenvalue weighted by Crippen LogP contribution is 2.42. The van der Waals surface area contributed by atoms with Crippen LogP contribution in [0.4, 0.5) is 11.4 Å². The minimum Gasteiger partial charge on any atom is -0.398 e. The van der Waals surface area contributed by atoms with Crippen LogP contribution in [0, 0.1) is 10.8 Å². The molecule has 2 aromatic rings. The fourth-order valence-corrected chi connectivity index (χ4v) is 4.18. The molecular weight excluding hydrogens is 324 g/mol. The molecule has 0 aromatic heterocycles. The van der Waals surface area contributed by atoms with E-state index in [1.807, 2.05) is 41.3 Å². The van der Waals surface area contributed by atoms with Crippen molar-refractivity contribution in [3.63, 3.8) is 0 Å². The summed E-state index contributed by atoms with van der Waals surface area (Å²) in [5, 5.41) is 10.7.